The number of thiophene rings is 1. The molecule has 2 N–H and O–H groups in total. The molecule has 0 unspecified atom stereocenters. The summed E-state index contributed by atoms with van der Waals surface area (Å²) in [5.41, 5.74) is 0. The van der Waals surface area contributed by atoms with Crippen molar-refractivity contribution < 1.29 is 9.90 Å². The van der Waals surface area contributed by atoms with E-state index in [2.05, 4.69) is 15.3 Å². The maximum atomic E-state index is 11.5. The largest absolute Gasteiger partial charge is 0.396 e. The molecule has 2 atom stereocenters. The summed E-state index contributed by atoms with van der Waals surface area (Å²) < 4.78 is 0. The standard InChI is InChI=1S/C14H17N3O2S/c1-8(19)12-16-13(11-4-5-20-14(11)17-12)15-10-3-2-9(6-10)7-18/h4-5,9-10,18H,2-3,6-7H2,1H3,(H,15,16,17)/t9-,10+/m0/s1. The molecule has 2 heterocycles. The minimum Gasteiger partial charge on any atom is -0.396 e. The first-order valence-electron chi connectivity index (χ1n) is 6.81. The Hall–Kier alpha value is -1.53. The first-order valence-corrected chi connectivity index (χ1v) is 7.69. The second-order valence-electron chi connectivity index (χ2n) is 5.29. The van der Waals surface area contributed by atoms with Crippen LogP contribution in [0, 0.1) is 5.92 Å². The highest BCUT2D eigenvalue weighted by Crippen LogP contribution is 2.31. The first-order chi connectivity index (χ1) is 9.67. The highest BCUT2D eigenvalue weighted by atomic mass is 32.1. The number of aromatic nitrogens is 2. The molecule has 0 aromatic carbocycles. The predicted molar refractivity (Wildman–Crippen MR) is 79.3 cm³/mol. The van der Waals surface area contributed by atoms with Gasteiger partial charge in [0.2, 0.25) is 0 Å². The number of rotatable bonds is 4. The maximum absolute atomic E-state index is 11.5. The van der Waals surface area contributed by atoms with Gasteiger partial charge in [0.15, 0.2) is 11.6 Å². The molecule has 0 spiro atoms. The van der Waals surface area contributed by atoms with Gasteiger partial charge in [-0.1, -0.05) is 0 Å². The lowest BCUT2D eigenvalue weighted by Crippen LogP contribution is -2.18. The second kappa shape index (κ2) is 5.46. The zero-order valence-electron chi connectivity index (χ0n) is 11.3. The number of aliphatic hydroxyl groups excluding tert-OH is 1. The Morgan fingerprint density at radius 3 is 3.05 bits per heavy atom. The van der Waals surface area contributed by atoms with E-state index in [1.807, 2.05) is 11.4 Å². The zero-order valence-corrected chi connectivity index (χ0v) is 12.1. The molecule has 6 heteroatoms. The van der Waals surface area contributed by atoms with E-state index in [4.69, 9.17) is 0 Å². The second-order valence-corrected chi connectivity index (χ2v) is 6.19. The quantitative estimate of drug-likeness (QED) is 0.846. The summed E-state index contributed by atoms with van der Waals surface area (Å²) in [6.45, 7) is 1.73. The summed E-state index contributed by atoms with van der Waals surface area (Å²) in [5, 5.41) is 15.6. The predicted octanol–water partition coefficient (Wildman–Crippen LogP) is 2.47. The number of hydrogen-bond acceptors (Lipinski definition) is 6. The van der Waals surface area contributed by atoms with Crippen LogP contribution >= 0.6 is 11.3 Å². The Balaban J connectivity index is 1.90. The van der Waals surface area contributed by atoms with Gasteiger partial charge in [-0.2, -0.15) is 0 Å². The van der Waals surface area contributed by atoms with Gasteiger partial charge in [-0.25, -0.2) is 9.97 Å². The number of nitrogens with zero attached hydrogens (tertiary/aromatic N) is 2. The van der Waals surface area contributed by atoms with E-state index in [0.29, 0.717) is 12.0 Å². The molecular formula is C14H17N3O2S. The Morgan fingerprint density at radius 2 is 2.35 bits per heavy atom. The molecule has 2 aromatic heterocycles. The fraction of sp³-hybridized carbons (Fsp3) is 0.500. The molecular weight excluding hydrogens is 274 g/mol. The zero-order chi connectivity index (χ0) is 14.1. The van der Waals surface area contributed by atoms with Crippen LogP contribution in [0.5, 0.6) is 0 Å². The number of hydrogen-bond donors (Lipinski definition) is 2. The summed E-state index contributed by atoms with van der Waals surface area (Å²) >= 11 is 1.51. The van der Waals surface area contributed by atoms with Crippen molar-refractivity contribution in [2.24, 2.45) is 5.92 Å². The van der Waals surface area contributed by atoms with Gasteiger partial charge in [-0.3, -0.25) is 4.79 Å². The molecule has 20 heavy (non-hydrogen) atoms. The average molecular weight is 291 g/mol. The van der Waals surface area contributed by atoms with Crippen molar-refractivity contribution >= 4 is 33.2 Å². The molecule has 2 aromatic rings. The van der Waals surface area contributed by atoms with Gasteiger partial charge in [-0.15, -0.1) is 11.3 Å². The third-order valence-corrected chi connectivity index (χ3v) is 4.59. The number of aliphatic hydroxyl groups is 1. The smallest absolute Gasteiger partial charge is 0.199 e. The molecule has 1 saturated carbocycles. The molecule has 0 amide bonds. The number of ketones is 1. The van der Waals surface area contributed by atoms with Crippen LogP contribution in [0.25, 0.3) is 10.2 Å². The maximum Gasteiger partial charge on any atom is 0.199 e. The third kappa shape index (κ3) is 2.53. The number of Topliss-reactive ketones (excluding diaryl/α,β-unsaturated/α-hetero) is 1. The summed E-state index contributed by atoms with van der Waals surface area (Å²) in [6, 6.07) is 2.29. The van der Waals surface area contributed by atoms with Crippen molar-refractivity contribution in [1.82, 2.24) is 9.97 Å². The minimum absolute atomic E-state index is 0.122. The lowest BCUT2D eigenvalue weighted by molar-refractivity contribution is 0.100. The fourth-order valence-corrected chi connectivity index (χ4v) is 3.45. The van der Waals surface area contributed by atoms with Crippen LogP contribution in [0.4, 0.5) is 5.82 Å². The van der Waals surface area contributed by atoms with E-state index in [0.717, 1.165) is 35.3 Å². The fourth-order valence-electron chi connectivity index (χ4n) is 2.69. The highest BCUT2D eigenvalue weighted by Gasteiger charge is 2.25. The van der Waals surface area contributed by atoms with E-state index in [1.165, 1.54) is 18.3 Å². The van der Waals surface area contributed by atoms with Gasteiger partial charge >= 0.3 is 0 Å². The van der Waals surface area contributed by atoms with Crippen molar-refractivity contribution in [2.45, 2.75) is 32.2 Å². The van der Waals surface area contributed by atoms with E-state index in [9.17, 15) is 9.90 Å². The van der Waals surface area contributed by atoms with Gasteiger partial charge in [0.05, 0.1) is 5.39 Å². The topological polar surface area (TPSA) is 75.1 Å². The molecule has 0 saturated heterocycles. The Kier molecular flexibility index (Phi) is 3.67. The summed E-state index contributed by atoms with van der Waals surface area (Å²) in [7, 11) is 0. The SMILES string of the molecule is CC(=O)c1nc(N[C@@H]2CC[C@H](CO)C2)c2ccsc2n1. The molecule has 0 bridgehead atoms. The van der Waals surface area contributed by atoms with E-state index in [-0.39, 0.29) is 18.2 Å². The molecule has 5 nitrogen and oxygen atoms in total. The minimum atomic E-state index is -0.122. The first kappa shape index (κ1) is 13.5. The van der Waals surface area contributed by atoms with Crippen LogP contribution < -0.4 is 5.32 Å². The molecule has 0 aliphatic heterocycles. The van der Waals surface area contributed by atoms with E-state index < -0.39 is 0 Å². The summed E-state index contributed by atoms with van der Waals surface area (Å²) in [6.07, 6.45) is 3.00. The third-order valence-electron chi connectivity index (χ3n) is 3.78. The summed E-state index contributed by atoms with van der Waals surface area (Å²) in [4.78, 5) is 21.0. The van der Waals surface area contributed by atoms with Crippen LogP contribution in [-0.2, 0) is 0 Å². The molecule has 1 aliphatic rings. The van der Waals surface area contributed by atoms with Crippen LogP contribution in [0.3, 0.4) is 0 Å². The van der Waals surface area contributed by atoms with Crippen LogP contribution in [0.2, 0.25) is 0 Å². The van der Waals surface area contributed by atoms with Gasteiger partial charge in [0.1, 0.15) is 10.6 Å². The van der Waals surface area contributed by atoms with Gasteiger partial charge < -0.3 is 10.4 Å². The molecule has 106 valence electrons. The average Bonchev–Trinajstić information content (AvgIpc) is 3.06. The van der Waals surface area contributed by atoms with E-state index >= 15 is 0 Å². The van der Waals surface area contributed by atoms with Crippen LogP contribution in [0.1, 0.15) is 36.8 Å². The number of carbonyl (C=O) groups excluding carboxylic acids is 1. The Bertz CT molecular complexity index is 640. The van der Waals surface area contributed by atoms with Gasteiger partial charge in [0.25, 0.3) is 0 Å². The lowest BCUT2D eigenvalue weighted by Gasteiger charge is -2.14. The summed E-state index contributed by atoms with van der Waals surface area (Å²) in [5.74, 6) is 1.26. The molecule has 0 radical (unpaired) electrons. The van der Waals surface area contributed by atoms with Gasteiger partial charge in [0, 0.05) is 19.6 Å². The van der Waals surface area contributed by atoms with E-state index in [1.54, 1.807) is 0 Å². The number of anilines is 1. The lowest BCUT2D eigenvalue weighted by atomic mass is 10.1. The van der Waals surface area contributed by atoms with Crippen molar-refractivity contribution in [3.63, 3.8) is 0 Å². The molecule has 3 rings (SSSR count). The van der Waals surface area contributed by atoms with Crippen molar-refractivity contribution in [3.05, 3.63) is 17.3 Å². The Labute approximate surface area is 121 Å². The number of fused-ring (bicyclic) bond motifs is 1. The van der Waals surface area contributed by atoms with Crippen LogP contribution in [-0.4, -0.2) is 33.5 Å². The van der Waals surface area contributed by atoms with Crippen molar-refractivity contribution in [2.75, 3.05) is 11.9 Å². The Morgan fingerprint density at radius 1 is 1.50 bits per heavy atom. The molecule has 1 fully saturated rings. The van der Waals surface area contributed by atoms with Crippen LogP contribution in [0.15, 0.2) is 11.4 Å². The van der Waals surface area contributed by atoms with Crippen molar-refractivity contribution in [3.8, 4) is 0 Å². The highest BCUT2D eigenvalue weighted by molar-refractivity contribution is 7.16. The normalized spacial score (nSPS) is 22.3. The van der Waals surface area contributed by atoms with Gasteiger partial charge in [-0.05, 0) is 36.6 Å². The monoisotopic (exact) mass is 291 g/mol. The van der Waals surface area contributed by atoms with Crippen molar-refractivity contribution in [1.29, 1.82) is 0 Å². The number of nitrogens with one attached hydrogen (secondary N) is 1. The number of carbonyl (C=O) groups is 1. The molecule has 1 aliphatic carbocycles.